The van der Waals surface area contributed by atoms with Crippen molar-refractivity contribution in [3.05, 3.63) is 53.7 Å². The van der Waals surface area contributed by atoms with Crippen LogP contribution in [0.2, 0.25) is 0 Å². The summed E-state index contributed by atoms with van der Waals surface area (Å²) in [6.07, 6.45) is 9.15. The number of hydrogen-bond donors (Lipinski definition) is 2. The van der Waals surface area contributed by atoms with Gasteiger partial charge in [-0.2, -0.15) is 0 Å². The average molecular weight is 356 g/mol. The molecule has 1 aromatic heterocycles. The Morgan fingerprint density at radius 1 is 1.12 bits per heavy atom. The average Bonchev–Trinajstić information content (AvgIpc) is 2.92. The molecule has 1 fully saturated rings. The van der Waals surface area contributed by atoms with Crippen LogP contribution >= 0.6 is 0 Å². The highest BCUT2D eigenvalue weighted by atomic mass is 19.1. The molecule has 1 aromatic carbocycles. The number of nitrogens with one attached hydrogen (secondary N) is 2. The molecule has 0 aliphatic heterocycles. The molecule has 0 unspecified atom stereocenters. The summed E-state index contributed by atoms with van der Waals surface area (Å²) < 4.78 is 13.6. The van der Waals surface area contributed by atoms with Crippen molar-refractivity contribution in [3.63, 3.8) is 0 Å². The number of nitrogens with zero attached hydrogens (tertiary/aromatic N) is 2. The summed E-state index contributed by atoms with van der Waals surface area (Å²) >= 11 is 0. The normalized spacial score (nSPS) is 15.3. The van der Waals surface area contributed by atoms with Crippen molar-refractivity contribution in [3.8, 4) is 0 Å². The van der Waals surface area contributed by atoms with Gasteiger partial charge < -0.3 is 10.6 Å². The Labute approximate surface area is 153 Å². The van der Waals surface area contributed by atoms with Gasteiger partial charge in [-0.15, -0.1) is 0 Å². The van der Waals surface area contributed by atoms with Crippen LogP contribution in [0, 0.1) is 5.82 Å². The lowest BCUT2D eigenvalue weighted by Gasteiger charge is -2.17. The van der Waals surface area contributed by atoms with Gasteiger partial charge in [0.15, 0.2) is 0 Å². The Hall–Kier alpha value is -2.50. The Kier molecular flexibility index (Phi) is 6.52. The van der Waals surface area contributed by atoms with Gasteiger partial charge in [-0.25, -0.2) is 14.4 Å². The van der Waals surface area contributed by atoms with Crippen molar-refractivity contribution in [2.45, 2.75) is 51.0 Å². The summed E-state index contributed by atoms with van der Waals surface area (Å²) in [7, 11) is 0. The second-order valence-electron chi connectivity index (χ2n) is 6.72. The number of carbonyl (C=O) groups excluding carboxylic acids is 1. The maximum Gasteiger partial charge on any atom is 0.270 e. The van der Waals surface area contributed by atoms with E-state index in [2.05, 4.69) is 20.6 Å². The van der Waals surface area contributed by atoms with Crippen molar-refractivity contribution in [1.82, 2.24) is 15.3 Å². The Balaban J connectivity index is 1.53. The van der Waals surface area contributed by atoms with Crippen LogP contribution in [0.3, 0.4) is 0 Å². The first-order valence-electron chi connectivity index (χ1n) is 9.32. The summed E-state index contributed by atoms with van der Waals surface area (Å²) in [4.78, 5) is 20.6. The molecule has 3 rings (SSSR count). The predicted molar refractivity (Wildman–Crippen MR) is 99.6 cm³/mol. The molecule has 1 amide bonds. The highest BCUT2D eigenvalue weighted by Crippen LogP contribution is 2.20. The number of hydrogen-bond acceptors (Lipinski definition) is 4. The molecular weight excluding hydrogens is 331 g/mol. The van der Waals surface area contributed by atoms with Gasteiger partial charge in [0.25, 0.3) is 5.91 Å². The fraction of sp³-hybridized carbons (Fsp3) is 0.450. The smallest absolute Gasteiger partial charge is 0.270 e. The van der Waals surface area contributed by atoms with E-state index in [0.717, 1.165) is 12.8 Å². The second-order valence-corrected chi connectivity index (χ2v) is 6.72. The number of aromatic nitrogens is 2. The van der Waals surface area contributed by atoms with Crippen LogP contribution in [0.4, 0.5) is 10.2 Å². The zero-order valence-electron chi connectivity index (χ0n) is 14.9. The quantitative estimate of drug-likeness (QED) is 0.774. The van der Waals surface area contributed by atoms with Gasteiger partial charge in [-0.1, -0.05) is 43.9 Å². The van der Waals surface area contributed by atoms with E-state index in [9.17, 15) is 9.18 Å². The Bertz CT molecular complexity index is 729. The molecule has 1 aliphatic rings. The third-order valence-corrected chi connectivity index (χ3v) is 4.74. The fourth-order valence-corrected chi connectivity index (χ4v) is 3.30. The fourth-order valence-electron chi connectivity index (χ4n) is 3.30. The van der Waals surface area contributed by atoms with Crippen LogP contribution in [-0.2, 0) is 6.42 Å². The molecule has 1 saturated carbocycles. The lowest BCUT2D eigenvalue weighted by Crippen LogP contribution is -2.27. The molecule has 0 saturated heterocycles. The molecular formula is C20H25FN4O. The molecule has 1 heterocycles. The largest absolute Gasteiger partial charge is 0.367 e. The predicted octanol–water partition coefficient (Wildman–Crippen LogP) is 3.72. The maximum atomic E-state index is 13.6. The highest BCUT2D eigenvalue weighted by Gasteiger charge is 2.14. The van der Waals surface area contributed by atoms with E-state index in [1.165, 1.54) is 38.1 Å². The molecule has 6 heteroatoms. The van der Waals surface area contributed by atoms with Gasteiger partial charge >= 0.3 is 0 Å². The van der Waals surface area contributed by atoms with Crippen LogP contribution in [0.5, 0.6) is 0 Å². The first kappa shape index (κ1) is 18.3. The molecule has 0 bridgehead atoms. The third kappa shape index (κ3) is 5.25. The number of amides is 1. The van der Waals surface area contributed by atoms with Crippen LogP contribution in [0.15, 0.2) is 36.7 Å². The van der Waals surface area contributed by atoms with E-state index >= 15 is 0 Å². The molecule has 26 heavy (non-hydrogen) atoms. The number of carbonyl (C=O) groups is 1. The number of rotatable bonds is 6. The summed E-state index contributed by atoms with van der Waals surface area (Å²) in [5.41, 5.74) is 0.913. The number of halogens is 1. The highest BCUT2D eigenvalue weighted by molar-refractivity contribution is 5.92. The molecule has 0 radical (unpaired) electrons. The first-order chi connectivity index (χ1) is 12.7. The van der Waals surface area contributed by atoms with E-state index in [1.54, 1.807) is 24.3 Å². The Morgan fingerprint density at radius 3 is 2.65 bits per heavy atom. The van der Waals surface area contributed by atoms with E-state index in [4.69, 9.17) is 0 Å². The minimum atomic E-state index is -0.271. The zero-order chi connectivity index (χ0) is 18.2. The van der Waals surface area contributed by atoms with Gasteiger partial charge in [0.05, 0.1) is 0 Å². The van der Waals surface area contributed by atoms with E-state index in [1.807, 2.05) is 0 Å². The topological polar surface area (TPSA) is 66.9 Å². The standard InChI is InChI=1S/C20H25FN4O/c21-17-10-6-5-7-15(17)11-12-22-20(26)18-13-19(24-14-23-18)25-16-8-3-1-2-4-9-16/h5-7,10,13-14,16H,1-4,8-9,11-12H2,(H,22,26)(H,23,24,25). The number of benzene rings is 1. The third-order valence-electron chi connectivity index (χ3n) is 4.74. The van der Waals surface area contributed by atoms with Crippen molar-refractivity contribution in [1.29, 1.82) is 0 Å². The maximum absolute atomic E-state index is 13.6. The van der Waals surface area contributed by atoms with E-state index < -0.39 is 0 Å². The number of anilines is 1. The summed E-state index contributed by atoms with van der Waals surface area (Å²) in [5.74, 6) is 0.164. The first-order valence-corrected chi connectivity index (χ1v) is 9.32. The molecule has 1 aliphatic carbocycles. The van der Waals surface area contributed by atoms with E-state index in [-0.39, 0.29) is 11.7 Å². The van der Waals surface area contributed by atoms with Gasteiger partial charge in [-0.3, -0.25) is 4.79 Å². The molecule has 0 spiro atoms. The van der Waals surface area contributed by atoms with Crippen LogP contribution < -0.4 is 10.6 Å². The lowest BCUT2D eigenvalue weighted by atomic mass is 10.1. The van der Waals surface area contributed by atoms with Crippen molar-refractivity contribution < 1.29 is 9.18 Å². The van der Waals surface area contributed by atoms with Crippen molar-refractivity contribution in [2.24, 2.45) is 0 Å². The minimum Gasteiger partial charge on any atom is -0.367 e. The van der Waals surface area contributed by atoms with Crippen molar-refractivity contribution >= 4 is 11.7 Å². The molecule has 5 nitrogen and oxygen atoms in total. The minimum absolute atomic E-state index is 0.251. The monoisotopic (exact) mass is 356 g/mol. The van der Waals surface area contributed by atoms with Gasteiger partial charge in [0.1, 0.15) is 23.7 Å². The molecule has 2 aromatic rings. The molecule has 138 valence electrons. The SMILES string of the molecule is O=C(NCCc1ccccc1F)c1cc(NC2CCCCCC2)ncn1. The summed E-state index contributed by atoms with van der Waals surface area (Å²) in [6.45, 7) is 0.356. The van der Waals surface area contributed by atoms with Gasteiger partial charge in [0, 0.05) is 18.7 Å². The zero-order valence-corrected chi connectivity index (χ0v) is 14.9. The van der Waals surface area contributed by atoms with Crippen LogP contribution in [0.1, 0.15) is 54.6 Å². The van der Waals surface area contributed by atoms with Gasteiger partial charge in [-0.05, 0) is 30.9 Å². The van der Waals surface area contributed by atoms with E-state index in [0.29, 0.717) is 36.1 Å². The molecule has 2 N–H and O–H groups in total. The summed E-state index contributed by atoms with van der Waals surface area (Å²) in [6, 6.07) is 8.68. The Morgan fingerprint density at radius 2 is 1.88 bits per heavy atom. The van der Waals surface area contributed by atoms with Crippen molar-refractivity contribution in [2.75, 3.05) is 11.9 Å². The van der Waals surface area contributed by atoms with Crippen LogP contribution in [-0.4, -0.2) is 28.5 Å². The van der Waals surface area contributed by atoms with Gasteiger partial charge in [0.2, 0.25) is 0 Å². The second kappa shape index (κ2) is 9.27. The van der Waals surface area contributed by atoms with Crippen LogP contribution in [0.25, 0.3) is 0 Å². The lowest BCUT2D eigenvalue weighted by molar-refractivity contribution is 0.0949. The molecule has 0 atom stereocenters. The summed E-state index contributed by atoms with van der Waals surface area (Å²) in [5, 5.41) is 6.22.